The van der Waals surface area contributed by atoms with Crippen LogP contribution in [-0.2, 0) is 4.74 Å². The van der Waals surface area contributed by atoms with E-state index >= 15 is 0 Å². The van der Waals surface area contributed by atoms with Crippen molar-refractivity contribution in [2.24, 2.45) is 5.92 Å². The molecule has 2 heterocycles. The minimum atomic E-state index is 0.388. The van der Waals surface area contributed by atoms with Crippen molar-refractivity contribution in [3.05, 3.63) is 16.8 Å². The topological polar surface area (TPSA) is 74.1 Å². The molecule has 0 aliphatic carbocycles. The Labute approximate surface area is 132 Å². The van der Waals surface area contributed by atoms with Gasteiger partial charge in [-0.2, -0.15) is 10.4 Å². The highest BCUT2D eigenvalue weighted by molar-refractivity contribution is 5.55. The van der Waals surface area contributed by atoms with E-state index in [0.717, 1.165) is 44.1 Å². The second-order valence-electron chi connectivity index (χ2n) is 6.09. The maximum absolute atomic E-state index is 9.36. The van der Waals surface area contributed by atoms with Gasteiger partial charge in [0.15, 0.2) is 5.82 Å². The van der Waals surface area contributed by atoms with E-state index < -0.39 is 0 Å². The predicted octanol–water partition coefficient (Wildman–Crippen LogP) is 1.73. The summed E-state index contributed by atoms with van der Waals surface area (Å²) in [6, 6.07) is 2.63. The second-order valence-corrected chi connectivity index (χ2v) is 6.09. The van der Waals surface area contributed by atoms with E-state index in [1.165, 1.54) is 0 Å². The smallest absolute Gasteiger partial charge is 0.166 e. The zero-order valence-electron chi connectivity index (χ0n) is 13.9. The summed E-state index contributed by atoms with van der Waals surface area (Å²) in [6.07, 6.45) is 0. The Morgan fingerprint density at radius 2 is 1.95 bits per heavy atom. The molecule has 6 nitrogen and oxygen atoms in total. The quantitative estimate of drug-likeness (QED) is 0.893. The molecule has 0 radical (unpaired) electrons. The van der Waals surface area contributed by atoms with Crippen LogP contribution in [0.15, 0.2) is 0 Å². The zero-order chi connectivity index (χ0) is 16.1. The number of hydrogen-bond acceptors (Lipinski definition) is 6. The molecule has 0 saturated carbocycles. The van der Waals surface area contributed by atoms with Gasteiger partial charge in [0.05, 0.1) is 18.9 Å². The highest BCUT2D eigenvalue weighted by Gasteiger charge is 2.24. The molecule has 0 spiro atoms. The molecular formula is C16H25N5O. The summed E-state index contributed by atoms with van der Waals surface area (Å²) in [5, 5.41) is 21.0. The standard InChI is InChI=1S/C16H25N5O/c1-11(2)15(21-5-7-22-8-6-21)10-18-16-14(9-17)12(3)13(4)19-20-16/h11,15H,5-8,10H2,1-4H3,(H,18,20)/t15-/m1/s1. The molecule has 2 rings (SSSR count). The lowest BCUT2D eigenvalue weighted by Crippen LogP contribution is -2.49. The number of nitrogens with one attached hydrogen (secondary N) is 1. The second kappa shape index (κ2) is 7.52. The first-order chi connectivity index (χ1) is 10.5. The van der Waals surface area contributed by atoms with Crippen molar-refractivity contribution in [3.63, 3.8) is 0 Å². The number of morpholine rings is 1. The van der Waals surface area contributed by atoms with Gasteiger partial charge in [0, 0.05) is 25.7 Å². The maximum Gasteiger partial charge on any atom is 0.166 e. The SMILES string of the molecule is Cc1nnc(NC[C@H](C(C)C)N2CCOCC2)c(C#N)c1C. The van der Waals surface area contributed by atoms with E-state index in [1.54, 1.807) is 0 Å². The lowest BCUT2D eigenvalue weighted by molar-refractivity contribution is 0.00953. The van der Waals surface area contributed by atoms with E-state index in [9.17, 15) is 5.26 Å². The third-order valence-corrected chi connectivity index (χ3v) is 4.33. The van der Waals surface area contributed by atoms with Gasteiger partial charge < -0.3 is 10.1 Å². The average Bonchev–Trinajstić information content (AvgIpc) is 2.52. The van der Waals surface area contributed by atoms with E-state index in [4.69, 9.17) is 4.74 Å². The number of anilines is 1. The Bertz CT molecular complexity index is 546. The molecule has 0 amide bonds. The monoisotopic (exact) mass is 303 g/mol. The van der Waals surface area contributed by atoms with Gasteiger partial charge in [0.2, 0.25) is 0 Å². The van der Waals surface area contributed by atoms with Crippen LogP contribution in [0.1, 0.15) is 30.7 Å². The highest BCUT2D eigenvalue weighted by Crippen LogP contribution is 2.19. The van der Waals surface area contributed by atoms with Crippen LogP contribution in [0.2, 0.25) is 0 Å². The summed E-state index contributed by atoms with van der Waals surface area (Å²) in [4.78, 5) is 2.45. The van der Waals surface area contributed by atoms with Crippen LogP contribution in [0.5, 0.6) is 0 Å². The number of ether oxygens (including phenoxy) is 1. The van der Waals surface area contributed by atoms with Gasteiger partial charge >= 0.3 is 0 Å². The zero-order valence-corrected chi connectivity index (χ0v) is 13.9. The van der Waals surface area contributed by atoms with Gasteiger partial charge in [-0.05, 0) is 25.3 Å². The van der Waals surface area contributed by atoms with Gasteiger partial charge in [-0.25, -0.2) is 0 Å². The van der Waals surface area contributed by atoms with Crippen molar-refractivity contribution < 1.29 is 4.74 Å². The first-order valence-corrected chi connectivity index (χ1v) is 7.84. The number of hydrogen-bond donors (Lipinski definition) is 1. The van der Waals surface area contributed by atoms with Crippen molar-refractivity contribution in [1.29, 1.82) is 5.26 Å². The third kappa shape index (κ3) is 3.73. The first kappa shape index (κ1) is 16.7. The number of nitrogens with zero attached hydrogens (tertiary/aromatic N) is 4. The molecule has 0 aromatic carbocycles. The molecule has 1 saturated heterocycles. The molecule has 1 aromatic heterocycles. The van der Waals surface area contributed by atoms with Crippen LogP contribution in [-0.4, -0.2) is 54.0 Å². The summed E-state index contributed by atoms with van der Waals surface area (Å²) in [7, 11) is 0. The third-order valence-electron chi connectivity index (χ3n) is 4.33. The molecule has 1 aliphatic rings. The minimum Gasteiger partial charge on any atom is -0.379 e. The maximum atomic E-state index is 9.36. The molecule has 1 fully saturated rings. The van der Waals surface area contributed by atoms with Crippen LogP contribution >= 0.6 is 0 Å². The molecule has 1 N–H and O–H groups in total. The van der Waals surface area contributed by atoms with E-state index in [0.29, 0.717) is 23.3 Å². The molecule has 0 bridgehead atoms. The largest absolute Gasteiger partial charge is 0.379 e. The Balaban J connectivity index is 2.10. The number of nitriles is 1. The predicted molar refractivity (Wildman–Crippen MR) is 85.7 cm³/mol. The minimum absolute atomic E-state index is 0.388. The molecule has 6 heteroatoms. The Kier molecular flexibility index (Phi) is 5.69. The summed E-state index contributed by atoms with van der Waals surface area (Å²) < 4.78 is 5.43. The van der Waals surface area contributed by atoms with Crippen LogP contribution in [0.4, 0.5) is 5.82 Å². The molecule has 1 aromatic rings. The van der Waals surface area contributed by atoms with Gasteiger partial charge in [-0.1, -0.05) is 13.8 Å². The summed E-state index contributed by atoms with van der Waals surface area (Å²) in [6.45, 7) is 12.5. The van der Waals surface area contributed by atoms with Crippen molar-refractivity contribution in [2.75, 3.05) is 38.2 Å². The summed E-state index contributed by atoms with van der Waals surface area (Å²) >= 11 is 0. The van der Waals surface area contributed by atoms with Crippen molar-refractivity contribution in [1.82, 2.24) is 15.1 Å². The van der Waals surface area contributed by atoms with Crippen molar-refractivity contribution >= 4 is 5.82 Å². The first-order valence-electron chi connectivity index (χ1n) is 7.84. The fourth-order valence-electron chi connectivity index (χ4n) is 2.77. The van der Waals surface area contributed by atoms with Crippen LogP contribution < -0.4 is 5.32 Å². The Hall–Kier alpha value is -1.71. The molecule has 1 atom stereocenters. The normalized spacial score (nSPS) is 17.3. The number of aromatic nitrogens is 2. The molecule has 120 valence electrons. The lowest BCUT2D eigenvalue weighted by Gasteiger charge is -2.37. The molecule has 22 heavy (non-hydrogen) atoms. The van der Waals surface area contributed by atoms with Gasteiger partial charge in [0.1, 0.15) is 11.6 Å². The number of aryl methyl sites for hydroxylation is 1. The van der Waals surface area contributed by atoms with Crippen LogP contribution in [0.3, 0.4) is 0 Å². The highest BCUT2D eigenvalue weighted by atomic mass is 16.5. The van der Waals surface area contributed by atoms with Crippen LogP contribution in [0, 0.1) is 31.1 Å². The summed E-state index contributed by atoms with van der Waals surface area (Å²) in [5.41, 5.74) is 2.29. The van der Waals surface area contributed by atoms with E-state index in [-0.39, 0.29) is 0 Å². The van der Waals surface area contributed by atoms with E-state index in [2.05, 4.69) is 40.3 Å². The Morgan fingerprint density at radius 3 is 2.55 bits per heavy atom. The Morgan fingerprint density at radius 1 is 1.27 bits per heavy atom. The molecule has 0 unspecified atom stereocenters. The summed E-state index contributed by atoms with van der Waals surface area (Å²) in [5.74, 6) is 1.10. The fraction of sp³-hybridized carbons (Fsp3) is 0.688. The van der Waals surface area contributed by atoms with E-state index in [1.807, 2.05) is 13.8 Å². The van der Waals surface area contributed by atoms with Gasteiger partial charge in [0.25, 0.3) is 0 Å². The van der Waals surface area contributed by atoms with Gasteiger partial charge in [-0.15, -0.1) is 5.10 Å². The molecular weight excluding hydrogens is 278 g/mol. The number of rotatable bonds is 5. The lowest BCUT2D eigenvalue weighted by atomic mass is 10.0. The fourth-order valence-corrected chi connectivity index (χ4v) is 2.77. The van der Waals surface area contributed by atoms with Crippen LogP contribution in [0.25, 0.3) is 0 Å². The molecule has 1 aliphatic heterocycles. The average molecular weight is 303 g/mol. The van der Waals surface area contributed by atoms with Gasteiger partial charge in [-0.3, -0.25) is 4.90 Å². The van der Waals surface area contributed by atoms with Crippen molar-refractivity contribution in [2.45, 2.75) is 33.7 Å². The van der Waals surface area contributed by atoms with Crippen molar-refractivity contribution in [3.8, 4) is 6.07 Å².